The molecule has 1 aromatic carbocycles. The van der Waals surface area contributed by atoms with Crippen LogP contribution in [-0.4, -0.2) is 98.1 Å². The van der Waals surface area contributed by atoms with Gasteiger partial charge in [0.2, 0.25) is 5.91 Å². The molecule has 0 aromatic heterocycles. The number of thioether (sulfide) groups is 1. The van der Waals surface area contributed by atoms with Crippen molar-refractivity contribution in [1.82, 2.24) is 10.2 Å². The van der Waals surface area contributed by atoms with Gasteiger partial charge in [-0.1, -0.05) is 23.9 Å². The molecule has 2 amide bonds. The highest BCUT2D eigenvalue weighted by molar-refractivity contribution is 8.15. The summed E-state index contributed by atoms with van der Waals surface area (Å²) in [6, 6.07) is 6.09. The summed E-state index contributed by atoms with van der Waals surface area (Å²) in [5.74, 6) is -1.18. The van der Waals surface area contributed by atoms with Crippen molar-refractivity contribution in [3.8, 4) is 0 Å². The van der Waals surface area contributed by atoms with Crippen LogP contribution in [0.1, 0.15) is 29.3 Å². The number of ether oxygens (including phenoxy) is 2. The summed E-state index contributed by atoms with van der Waals surface area (Å²) in [6.07, 6.45) is 0.778. The van der Waals surface area contributed by atoms with Gasteiger partial charge in [-0.05, 0) is 19.1 Å². The van der Waals surface area contributed by atoms with E-state index in [1.165, 1.54) is 18.9 Å². The monoisotopic (exact) mass is 545 g/mol. The Labute approximate surface area is 214 Å². The maximum Gasteiger partial charge on any atom is 0.307 e. The lowest BCUT2D eigenvalue weighted by Gasteiger charge is -2.19. The zero-order chi connectivity index (χ0) is 27.5. The number of nitrogens with zero attached hydrogens (tertiary/aromatic N) is 2. The molecular formula is C21H31N5O8S2. The van der Waals surface area contributed by atoms with E-state index in [1.807, 2.05) is 6.92 Å². The zero-order valence-corrected chi connectivity index (χ0v) is 22.0. The molecule has 0 aliphatic carbocycles. The number of hydrogen-bond donors (Lipinski definition) is 4. The molecule has 2 atom stereocenters. The fourth-order valence-electron chi connectivity index (χ4n) is 2.69. The second-order valence-corrected chi connectivity index (χ2v) is 10.1. The highest BCUT2D eigenvalue weighted by Crippen LogP contribution is 2.31. The van der Waals surface area contributed by atoms with Gasteiger partial charge in [0.1, 0.15) is 17.7 Å². The SMILES string of the molecule is COCCOC(=O)CCNC(=O)C1SC(=NC(=O)c2ccc(C(=N)N)cc2)N(C)C1C.CS(=O)(=O)O. The quantitative estimate of drug-likeness (QED) is 0.108. The number of aliphatic imine (C=N–C) groups is 1. The van der Waals surface area contributed by atoms with E-state index in [1.54, 1.807) is 36.2 Å². The van der Waals surface area contributed by atoms with E-state index in [9.17, 15) is 22.8 Å². The van der Waals surface area contributed by atoms with Crippen molar-refractivity contribution in [2.75, 3.05) is 40.2 Å². The van der Waals surface area contributed by atoms with Crippen LogP contribution in [0.3, 0.4) is 0 Å². The molecule has 0 bridgehead atoms. The van der Waals surface area contributed by atoms with Crippen molar-refractivity contribution in [3.05, 3.63) is 35.4 Å². The number of rotatable bonds is 9. The molecule has 1 aliphatic heterocycles. The second-order valence-electron chi connectivity index (χ2n) is 7.57. The van der Waals surface area contributed by atoms with E-state index < -0.39 is 27.2 Å². The minimum absolute atomic E-state index is 0.0623. The molecule has 2 rings (SSSR count). The normalized spacial score (nSPS) is 18.2. The lowest BCUT2D eigenvalue weighted by Crippen LogP contribution is -2.41. The van der Waals surface area contributed by atoms with Crippen molar-refractivity contribution in [3.63, 3.8) is 0 Å². The number of carbonyl (C=O) groups is 3. The number of carbonyl (C=O) groups excluding carboxylic acids is 3. The van der Waals surface area contributed by atoms with Gasteiger partial charge in [0.05, 0.1) is 19.3 Å². The molecule has 1 fully saturated rings. The van der Waals surface area contributed by atoms with E-state index in [-0.39, 0.29) is 37.4 Å². The van der Waals surface area contributed by atoms with Gasteiger partial charge in [-0.3, -0.25) is 24.3 Å². The Balaban J connectivity index is 0.00000118. The van der Waals surface area contributed by atoms with Crippen LogP contribution in [0.5, 0.6) is 0 Å². The van der Waals surface area contributed by atoms with Gasteiger partial charge in [0.25, 0.3) is 16.0 Å². The van der Waals surface area contributed by atoms with E-state index in [4.69, 9.17) is 25.2 Å². The van der Waals surface area contributed by atoms with Crippen molar-refractivity contribution in [1.29, 1.82) is 5.41 Å². The fourth-order valence-corrected chi connectivity index (χ4v) is 3.96. The van der Waals surface area contributed by atoms with Crippen LogP contribution >= 0.6 is 11.8 Å². The topological polar surface area (TPSA) is 202 Å². The summed E-state index contributed by atoms with van der Waals surface area (Å²) in [6.45, 7) is 2.52. The van der Waals surface area contributed by atoms with Crippen LogP contribution in [0.4, 0.5) is 0 Å². The molecule has 13 nitrogen and oxygen atoms in total. The van der Waals surface area contributed by atoms with Crippen LogP contribution in [0.25, 0.3) is 0 Å². The molecule has 0 radical (unpaired) electrons. The van der Waals surface area contributed by atoms with Crippen LogP contribution in [0.15, 0.2) is 29.3 Å². The Morgan fingerprint density at radius 1 is 1.22 bits per heavy atom. The number of methoxy groups -OCH3 is 1. The molecule has 0 saturated carbocycles. The summed E-state index contributed by atoms with van der Waals surface area (Å²) in [5.41, 5.74) is 6.30. The van der Waals surface area contributed by atoms with Crippen molar-refractivity contribution < 1.29 is 36.8 Å². The average molecular weight is 546 g/mol. The molecule has 5 N–H and O–H groups in total. The van der Waals surface area contributed by atoms with E-state index in [0.29, 0.717) is 29.2 Å². The van der Waals surface area contributed by atoms with Gasteiger partial charge in [-0.15, -0.1) is 0 Å². The largest absolute Gasteiger partial charge is 0.463 e. The summed E-state index contributed by atoms with van der Waals surface area (Å²) in [5, 5.41) is 10.1. The summed E-state index contributed by atoms with van der Waals surface area (Å²) in [7, 11) is -0.385. The molecular weight excluding hydrogens is 514 g/mol. The number of hydrogen-bond acceptors (Lipinski definition) is 9. The maximum atomic E-state index is 12.5. The number of nitrogen functional groups attached to an aromatic ring is 1. The highest BCUT2D eigenvalue weighted by atomic mass is 32.2. The van der Waals surface area contributed by atoms with Gasteiger partial charge in [-0.25, -0.2) is 0 Å². The molecule has 1 aromatic rings. The van der Waals surface area contributed by atoms with Gasteiger partial charge in [-0.2, -0.15) is 13.4 Å². The summed E-state index contributed by atoms with van der Waals surface area (Å²) >= 11 is 1.20. The third-order valence-electron chi connectivity index (χ3n) is 4.66. The van der Waals surface area contributed by atoms with Crippen LogP contribution in [0.2, 0.25) is 0 Å². The molecule has 36 heavy (non-hydrogen) atoms. The van der Waals surface area contributed by atoms with Crippen LogP contribution in [0, 0.1) is 5.41 Å². The number of amides is 2. The molecule has 0 spiro atoms. The fraction of sp³-hybridized carbons (Fsp3) is 0.476. The Morgan fingerprint density at radius 3 is 2.31 bits per heavy atom. The third kappa shape index (κ3) is 11.2. The third-order valence-corrected chi connectivity index (χ3v) is 6.11. The van der Waals surface area contributed by atoms with E-state index in [2.05, 4.69) is 10.3 Å². The Bertz CT molecular complexity index is 1070. The first-order valence-electron chi connectivity index (χ1n) is 10.6. The lowest BCUT2D eigenvalue weighted by atomic mass is 10.1. The van der Waals surface area contributed by atoms with Crippen molar-refractivity contribution in [2.24, 2.45) is 10.7 Å². The molecule has 1 heterocycles. The number of esters is 1. The predicted octanol–water partition coefficient (Wildman–Crippen LogP) is 0.102. The Hall–Kier alpha value is -3.01. The van der Waals surface area contributed by atoms with E-state index in [0.717, 1.165) is 0 Å². The lowest BCUT2D eigenvalue weighted by molar-refractivity contribution is -0.144. The van der Waals surface area contributed by atoms with Gasteiger partial charge in [0, 0.05) is 37.9 Å². The molecule has 15 heteroatoms. The standard InChI is InChI=1S/C20H27N5O5S.CH4O3S/c1-12-16(19(28)23-9-8-15(26)30-11-10-29-3)31-20(25(12)2)24-18(27)14-6-4-13(5-7-14)17(21)22;1-5(2,3)4/h4-7,12,16H,8-11H2,1-3H3,(H3,21,22)(H,23,28);1H3,(H,2,3,4). The predicted molar refractivity (Wildman–Crippen MR) is 136 cm³/mol. The second kappa shape index (κ2) is 14.5. The Morgan fingerprint density at radius 2 is 1.78 bits per heavy atom. The molecule has 1 aliphatic rings. The van der Waals surface area contributed by atoms with E-state index >= 15 is 0 Å². The first-order chi connectivity index (χ1) is 16.7. The number of nitrogens with one attached hydrogen (secondary N) is 2. The molecule has 200 valence electrons. The van der Waals surface area contributed by atoms with Crippen LogP contribution < -0.4 is 11.1 Å². The first-order valence-corrected chi connectivity index (χ1v) is 13.3. The molecule has 1 saturated heterocycles. The minimum Gasteiger partial charge on any atom is -0.463 e. The average Bonchev–Trinajstić information content (AvgIpc) is 3.06. The highest BCUT2D eigenvalue weighted by Gasteiger charge is 2.39. The first kappa shape index (κ1) is 31.0. The Kier molecular flexibility index (Phi) is 12.5. The number of nitrogens with two attached hydrogens (primary N) is 1. The smallest absolute Gasteiger partial charge is 0.307 e. The van der Waals surface area contributed by atoms with Crippen molar-refractivity contribution in [2.45, 2.75) is 24.6 Å². The van der Waals surface area contributed by atoms with Gasteiger partial charge >= 0.3 is 5.97 Å². The van der Waals surface area contributed by atoms with Crippen LogP contribution in [-0.2, 0) is 29.2 Å². The van der Waals surface area contributed by atoms with Crippen molar-refractivity contribution >= 4 is 50.7 Å². The maximum absolute atomic E-state index is 12.5. The summed E-state index contributed by atoms with van der Waals surface area (Å²) < 4.78 is 35.6. The minimum atomic E-state index is -3.67. The molecule has 2 unspecified atom stereocenters. The number of amidine groups is 2. The number of benzene rings is 1. The zero-order valence-electron chi connectivity index (χ0n) is 20.4. The van der Waals surface area contributed by atoms with Gasteiger partial charge < -0.3 is 25.4 Å². The summed E-state index contributed by atoms with van der Waals surface area (Å²) in [4.78, 5) is 42.5. The van der Waals surface area contributed by atoms with Gasteiger partial charge in [0.15, 0.2) is 5.17 Å².